The number of hydrogen-bond donors (Lipinski definition) is 2. The lowest BCUT2D eigenvalue weighted by molar-refractivity contribution is -0.117. The van der Waals surface area contributed by atoms with Gasteiger partial charge in [-0.15, -0.1) is 10.2 Å². The molecule has 14 heteroatoms. The number of amides is 2. The van der Waals surface area contributed by atoms with Crippen LogP contribution < -0.4 is 10.6 Å². The minimum absolute atomic E-state index is 0.231. The first kappa shape index (κ1) is 31.6. The number of nitrogens with zero attached hydrogens (tertiary/aromatic N) is 7. The zero-order valence-corrected chi connectivity index (χ0v) is 26.7. The topological polar surface area (TPSA) is 140 Å². The van der Waals surface area contributed by atoms with Crippen LogP contribution in [0.1, 0.15) is 43.0 Å². The van der Waals surface area contributed by atoms with Crippen molar-refractivity contribution in [2.24, 2.45) is 11.8 Å². The molecule has 0 spiro atoms. The predicted octanol–water partition coefficient (Wildman–Crippen LogP) is 5.60. The fourth-order valence-electron chi connectivity index (χ4n) is 5.71. The summed E-state index contributed by atoms with van der Waals surface area (Å²) < 4.78 is 6.18. The lowest BCUT2D eigenvalue weighted by Gasteiger charge is -2.22. The van der Waals surface area contributed by atoms with E-state index in [0.717, 1.165) is 37.5 Å². The van der Waals surface area contributed by atoms with Gasteiger partial charge in [-0.2, -0.15) is 9.78 Å². The molecule has 12 nitrogen and oxygen atoms in total. The molecule has 1 aliphatic carbocycles. The highest BCUT2D eigenvalue weighted by atomic mass is 35.5. The Morgan fingerprint density at radius 2 is 1.89 bits per heavy atom. The molecule has 2 aliphatic rings. The van der Waals surface area contributed by atoms with Gasteiger partial charge in [0.25, 0.3) is 0 Å². The van der Waals surface area contributed by atoms with E-state index in [-0.39, 0.29) is 11.1 Å². The van der Waals surface area contributed by atoms with Crippen molar-refractivity contribution in [3.63, 3.8) is 0 Å². The molecular formula is C32H33Cl2N9O3. The molecule has 2 fully saturated rings. The number of tetrazole rings is 1. The predicted molar refractivity (Wildman–Crippen MR) is 174 cm³/mol. The number of carbonyl (C=O) groups is 2. The van der Waals surface area contributed by atoms with E-state index in [0.29, 0.717) is 45.6 Å². The fraction of sp³-hybridized carbons (Fsp3) is 0.344. The maximum Gasteiger partial charge on any atom is 0.411 e. The van der Waals surface area contributed by atoms with Crippen molar-refractivity contribution in [3.05, 3.63) is 82.4 Å². The molecule has 2 aromatic carbocycles. The fourth-order valence-corrected chi connectivity index (χ4v) is 6.10. The first-order valence-electron chi connectivity index (χ1n) is 15.1. The summed E-state index contributed by atoms with van der Waals surface area (Å²) in [5.41, 5.74) is 3.99. The highest BCUT2D eigenvalue weighted by molar-refractivity contribution is 6.32. The highest BCUT2D eigenvalue weighted by Gasteiger charge is 2.31. The summed E-state index contributed by atoms with van der Waals surface area (Å²) in [6.07, 6.45) is 8.46. The van der Waals surface area contributed by atoms with E-state index in [4.69, 9.17) is 23.2 Å². The Labute approximate surface area is 276 Å². The van der Waals surface area contributed by atoms with Crippen molar-refractivity contribution >= 4 is 47.0 Å². The van der Waals surface area contributed by atoms with Gasteiger partial charge in [0.1, 0.15) is 6.33 Å². The molecule has 4 aromatic rings. The number of methoxy groups -OCH3 is 1. The van der Waals surface area contributed by atoms with Crippen LogP contribution in [0.3, 0.4) is 0 Å². The van der Waals surface area contributed by atoms with Crippen molar-refractivity contribution in [1.82, 2.24) is 40.6 Å². The van der Waals surface area contributed by atoms with Crippen LogP contribution >= 0.6 is 23.2 Å². The summed E-state index contributed by atoms with van der Waals surface area (Å²) >= 11 is 12.8. The van der Waals surface area contributed by atoms with Crippen LogP contribution in [-0.4, -0.2) is 74.0 Å². The van der Waals surface area contributed by atoms with Gasteiger partial charge in [0.2, 0.25) is 5.91 Å². The van der Waals surface area contributed by atoms with Crippen LogP contribution in [0, 0.1) is 11.8 Å². The third kappa shape index (κ3) is 8.06. The van der Waals surface area contributed by atoms with Gasteiger partial charge in [-0.3, -0.25) is 10.1 Å². The number of benzene rings is 2. The third-order valence-electron chi connectivity index (χ3n) is 8.22. The smallest absolute Gasteiger partial charge is 0.411 e. The standard InChI is InChI=1S/C32H33Cl2N9O3/c1-46-32(45)36-25-8-4-22(5-9-25)26-16-28(38-39-31(26)34)27(14-21-12-13-42(18-21)17-20-2-3-20)37-30(44)11-6-23-15-24(33)7-10-29(23)43-19-35-40-41-43/h4-11,15-16,19-21,27H,2-3,12-14,17-18H2,1H3,(H,36,45)(H,37,44)/b11-6+. The number of rotatable bonds is 11. The Bertz CT molecular complexity index is 1710. The van der Waals surface area contributed by atoms with Crippen molar-refractivity contribution in [2.45, 2.75) is 31.7 Å². The van der Waals surface area contributed by atoms with Gasteiger partial charge in [0.15, 0.2) is 5.15 Å². The average molecular weight is 663 g/mol. The Balaban J connectivity index is 1.24. The SMILES string of the molecule is COC(=O)Nc1ccc(-c2cc(C(CC3CCN(CC4CC4)C3)NC(=O)/C=C/c3cc(Cl)ccc3-n3cnnn3)nnc2Cl)cc1. The van der Waals surface area contributed by atoms with Crippen LogP contribution in [-0.2, 0) is 9.53 Å². The molecule has 1 saturated carbocycles. The van der Waals surface area contributed by atoms with Crippen molar-refractivity contribution < 1.29 is 14.3 Å². The number of anilines is 1. The Morgan fingerprint density at radius 1 is 1.07 bits per heavy atom. The number of likely N-dealkylation sites (tertiary alicyclic amines) is 1. The van der Waals surface area contributed by atoms with E-state index in [1.807, 2.05) is 18.2 Å². The Hall–Kier alpha value is -4.39. The maximum absolute atomic E-state index is 13.4. The Kier molecular flexibility index (Phi) is 9.86. The number of halogens is 2. The molecule has 2 N–H and O–H groups in total. The van der Waals surface area contributed by atoms with E-state index in [9.17, 15) is 9.59 Å². The first-order chi connectivity index (χ1) is 22.3. The van der Waals surface area contributed by atoms with Crippen LogP contribution in [0.5, 0.6) is 0 Å². The summed E-state index contributed by atoms with van der Waals surface area (Å²) in [5, 5.41) is 26.6. The van der Waals surface area contributed by atoms with Crippen LogP contribution in [0.4, 0.5) is 10.5 Å². The number of ether oxygens (including phenoxy) is 1. The normalized spacial score (nSPS) is 17.2. The molecule has 1 aliphatic heterocycles. The summed E-state index contributed by atoms with van der Waals surface area (Å²) in [6.45, 7) is 3.18. The first-order valence-corrected chi connectivity index (χ1v) is 15.8. The van der Waals surface area contributed by atoms with Crippen LogP contribution in [0.15, 0.2) is 60.9 Å². The monoisotopic (exact) mass is 661 g/mol. The molecule has 2 unspecified atom stereocenters. The van der Waals surface area contributed by atoms with Gasteiger partial charge in [-0.05, 0) is 103 Å². The highest BCUT2D eigenvalue weighted by Crippen LogP contribution is 2.35. The summed E-state index contributed by atoms with van der Waals surface area (Å²) in [6, 6.07) is 13.9. The second-order valence-corrected chi connectivity index (χ2v) is 12.4. The average Bonchev–Trinajstić information content (AvgIpc) is 3.49. The van der Waals surface area contributed by atoms with E-state index in [2.05, 4.69) is 46.0 Å². The second kappa shape index (κ2) is 14.4. The molecule has 2 aromatic heterocycles. The summed E-state index contributed by atoms with van der Waals surface area (Å²) in [5.74, 6) is 0.914. The van der Waals surface area contributed by atoms with Crippen molar-refractivity contribution in [1.29, 1.82) is 0 Å². The molecule has 0 radical (unpaired) electrons. The molecule has 46 heavy (non-hydrogen) atoms. The molecule has 6 rings (SSSR count). The van der Waals surface area contributed by atoms with E-state index in [1.54, 1.807) is 36.4 Å². The molecule has 3 heterocycles. The van der Waals surface area contributed by atoms with Crippen molar-refractivity contribution in [2.75, 3.05) is 32.1 Å². The minimum atomic E-state index is -0.559. The van der Waals surface area contributed by atoms with E-state index >= 15 is 0 Å². The van der Waals surface area contributed by atoms with Gasteiger partial charge in [-0.1, -0.05) is 35.3 Å². The lowest BCUT2D eigenvalue weighted by Crippen LogP contribution is -2.30. The zero-order valence-electron chi connectivity index (χ0n) is 25.1. The number of carbonyl (C=O) groups excluding carboxylic acids is 2. The maximum atomic E-state index is 13.4. The largest absolute Gasteiger partial charge is 0.453 e. The second-order valence-electron chi connectivity index (χ2n) is 11.6. The lowest BCUT2D eigenvalue weighted by atomic mass is 9.95. The zero-order chi connectivity index (χ0) is 32.0. The minimum Gasteiger partial charge on any atom is -0.453 e. The summed E-state index contributed by atoms with van der Waals surface area (Å²) in [7, 11) is 1.31. The number of hydrogen-bond acceptors (Lipinski definition) is 9. The molecule has 238 valence electrons. The van der Waals surface area contributed by atoms with Gasteiger partial charge < -0.3 is 15.0 Å². The quantitative estimate of drug-likeness (QED) is 0.197. The molecule has 2 amide bonds. The van der Waals surface area contributed by atoms with Crippen molar-refractivity contribution in [3.8, 4) is 16.8 Å². The number of aromatic nitrogens is 6. The van der Waals surface area contributed by atoms with Gasteiger partial charge in [-0.25, -0.2) is 4.79 Å². The van der Waals surface area contributed by atoms with E-state index < -0.39 is 12.1 Å². The van der Waals surface area contributed by atoms with Gasteiger partial charge in [0.05, 0.1) is 24.5 Å². The van der Waals surface area contributed by atoms with E-state index in [1.165, 1.54) is 37.0 Å². The number of nitrogens with one attached hydrogen (secondary N) is 2. The third-order valence-corrected chi connectivity index (χ3v) is 8.74. The molecular weight excluding hydrogens is 629 g/mol. The molecule has 0 bridgehead atoms. The molecule has 2 atom stereocenters. The Morgan fingerprint density at radius 3 is 2.63 bits per heavy atom. The van der Waals surface area contributed by atoms with Crippen LogP contribution in [0.2, 0.25) is 10.2 Å². The molecule has 1 saturated heterocycles. The van der Waals surface area contributed by atoms with Gasteiger partial charge in [0, 0.05) is 41.0 Å². The summed E-state index contributed by atoms with van der Waals surface area (Å²) in [4.78, 5) is 27.6. The van der Waals surface area contributed by atoms with Crippen LogP contribution in [0.25, 0.3) is 22.9 Å². The van der Waals surface area contributed by atoms with Gasteiger partial charge >= 0.3 is 6.09 Å².